The van der Waals surface area contributed by atoms with Gasteiger partial charge in [-0.3, -0.25) is 9.59 Å². The van der Waals surface area contributed by atoms with Crippen LogP contribution in [0.3, 0.4) is 0 Å². The van der Waals surface area contributed by atoms with Crippen LogP contribution >= 0.6 is 12.6 Å². The molecule has 0 atom stereocenters. The molecule has 0 aliphatic rings. The van der Waals surface area contributed by atoms with Crippen LogP contribution < -0.4 is 0 Å². The Balaban J connectivity index is 0. The first-order valence-corrected chi connectivity index (χ1v) is 4.16. The van der Waals surface area contributed by atoms with Crippen LogP contribution in [-0.2, 0) is 19.1 Å². The zero-order valence-electron chi connectivity index (χ0n) is 7.07. The predicted octanol–water partition coefficient (Wildman–Crippen LogP) is -0.237. The SMILES string of the molecule is CCOC(=O)C(S)C(=O)OCC.[KH]. The minimum absolute atomic E-state index is 0. The van der Waals surface area contributed by atoms with Gasteiger partial charge in [-0.2, -0.15) is 12.6 Å². The number of thiol groups is 1. The number of esters is 2. The third-order valence-electron chi connectivity index (χ3n) is 1.02. The molecule has 0 bridgehead atoms. The molecule has 0 aliphatic carbocycles. The van der Waals surface area contributed by atoms with E-state index < -0.39 is 17.2 Å². The van der Waals surface area contributed by atoms with E-state index in [2.05, 4.69) is 22.1 Å². The average Bonchev–Trinajstić information content (AvgIpc) is 2.04. The first-order chi connectivity index (χ1) is 5.63. The summed E-state index contributed by atoms with van der Waals surface area (Å²) in [5, 5.41) is -1.12. The Morgan fingerprint density at radius 1 is 1.15 bits per heavy atom. The molecule has 13 heavy (non-hydrogen) atoms. The van der Waals surface area contributed by atoms with E-state index in [1.54, 1.807) is 13.8 Å². The second-order valence-corrected chi connectivity index (χ2v) is 2.42. The van der Waals surface area contributed by atoms with E-state index in [1.807, 2.05) is 0 Å². The van der Waals surface area contributed by atoms with E-state index >= 15 is 0 Å². The predicted molar refractivity (Wildman–Crippen MR) is 53.2 cm³/mol. The zero-order valence-corrected chi connectivity index (χ0v) is 7.97. The Labute approximate surface area is 126 Å². The molecule has 0 rings (SSSR count). The molecule has 0 radical (unpaired) electrons. The van der Waals surface area contributed by atoms with Crippen LogP contribution in [0.1, 0.15) is 13.8 Å². The molecule has 0 aromatic carbocycles. The first-order valence-electron chi connectivity index (χ1n) is 3.64. The van der Waals surface area contributed by atoms with Crippen molar-refractivity contribution in [2.75, 3.05) is 13.2 Å². The Bertz CT molecular complexity index is 156. The molecular formula is C7H13KO4S. The number of hydrogen-bond donors (Lipinski definition) is 1. The molecule has 0 fully saturated rings. The van der Waals surface area contributed by atoms with Gasteiger partial charge in [-0.05, 0) is 13.8 Å². The molecule has 72 valence electrons. The molecule has 6 heteroatoms. The number of carbonyl (C=O) groups is 2. The fraction of sp³-hybridized carbons (Fsp3) is 0.714. The summed E-state index contributed by atoms with van der Waals surface area (Å²) >= 11 is 3.74. The molecule has 0 aromatic heterocycles. The van der Waals surface area contributed by atoms with Crippen molar-refractivity contribution < 1.29 is 19.1 Å². The van der Waals surface area contributed by atoms with Gasteiger partial charge in [-0.15, -0.1) is 0 Å². The maximum atomic E-state index is 10.9. The van der Waals surface area contributed by atoms with Crippen LogP contribution in [-0.4, -0.2) is 81.8 Å². The van der Waals surface area contributed by atoms with Crippen LogP contribution in [0.15, 0.2) is 0 Å². The molecule has 0 heterocycles. The normalized spacial score (nSPS) is 8.92. The van der Waals surface area contributed by atoms with Crippen LogP contribution in [0.25, 0.3) is 0 Å². The van der Waals surface area contributed by atoms with Crippen molar-refractivity contribution >= 4 is 76.0 Å². The molecule has 0 spiro atoms. The molecule has 0 aromatic rings. The summed E-state index contributed by atoms with van der Waals surface area (Å²) in [6, 6.07) is 0. The van der Waals surface area contributed by atoms with Gasteiger partial charge in [-0.1, -0.05) is 0 Å². The second kappa shape index (κ2) is 9.48. The maximum absolute atomic E-state index is 10.9. The monoisotopic (exact) mass is 232 g/mol. The van der Waals surface area contributed by atoms with Crippen molar-refractivity contribution in [3.8, 4) is 0 Å². The van der Waals surface area contributed by atoms with Gasteiger partial charge in [0.25, 0.3) is 0 Å². The van der Waals surface area contributed by atoms with Crippen molar-refractivity contribution in [2.45, 2.75) is 19.1 Å². The fourth-order valence-corrected chi connectivity index (χ4v) is 0.688. The molecule has 0 unspecified atom stereocenters. The number of rotatable bonds is 4. The average molecular weight is 232 g/mol. The van der Waals surface area contributed by atoms with E-state index in [9.17, 15) is 9.59 Å². The van der Waals surface area contributed by atoms with Crippen molar-refractivity contribution in [2.24, 2.45) is 0 Å². The van der Waals surface area contributed by atoms with Crippen molar-refractivity contribution in [3.63, 3.8) is 0 Å². The van der Waals surface area contributed by atoms with Crippen molar-refractivity contribution in [1.29, 1.82) is 0 Å². The third-order valence-corrected chi connectivity index (χ3v) is 1.44. The molecule has 0 saturated heterocycles. The Morgan fingerprint density at radius 3 is 1.69 bits per heavy atom. The van der Waals surface area contributed by atoms with Crippen LogP contribution in [0, 0.1) is 0 Å². The Morgan fingerprint density at radius 2 is 1.46 bits per heavy atom. The fourth-order valence-electron chi connectivity index (χ4n) is 0.539. The van der Waals surface area contributed by atoms with Gasteiger partial charge in [0, 0.05) is 0 Å². The standard InChI is InChI=1S/C7H12O4S.K.H/c1-3-10-6(8)5(12)7(9)11-4-2;;/h5,12H,3-4H2,1-2H3;;. The molecule has 0 saturated carbocycles. The molecule has 4 nitrogen and oxygen atoms in total. The van der Waals surface area contributed by atoms with Crippen LogP contribution in [0.5, 0.6) is 0 Å². The first kappa shape index (κ1) is 16.4. The van der Waals surface area contributed by atoms with Crippen molar-refractivity contribution in [1.82, 2.24) is 0 Å². The Kier molecular flexibility index (Phi) is 11.9. The summed E-state index contributed by atoms with van der Waals surface area (Å²) in [6.45, 7) is 3.78. The summed E-state index contributed by atoms with van der Waals surface area (Å²) in [6.07, 6.45) is 0. The zero-order chi connectivity index (χ0) is 9.56. The second-order valence-electron chi connectivity index (χ2n) is 1.91. The molecule has 0 amide bonds. The van der Waals surface area contributed by atoms with Gasteiger partial charge < -0.3 is 9.47 Å². The topological polar surface area (TPSA) is 52.6 Å². The van der Waals surface area contributed by atoms with Crippen LogP contribution in [0.2, 0.25) is 0 Å². The van der Waals surface area contributed by atoms with Crippen LogP contribution in [0.4, 0.5) is 0 Å². The van der Waals surface area contributed by atoms with E-state index in [-0.39, 0.29) is 64.6 Å². The van der Waals surface area contributed by atoms with Gasteiger partial charge >= 0.3 is 63.3 Å². The van der Waals surface area contributed by atoms with Gasteiger partial charge in [0.05, 0.1) is 13.2 Å². The molecule has 0 aliphatic heterocycles. The quantitative estimate of drug-likeness (QED) is 0.315. The summed E-state index contributed by atoms with van der Waals surface area (Å²) in [5.74, 6) is -1.33. The van der Waals surface area contributed by atoms with Gasteiger partial charge in [-0.25, -0.2) is 0 Å². The summed E-state index contributed by atoms with van der Waals surface area (Å²) in [5.41, 5.74) is 0. The van der Waals surface area contributed by atoms with Gasteiger partial charge in [0.2, 0.25) is 0 Å². The number of carbonyl (C=O) groups excluding carboxylic acids is 2. The summed E-state index contributed by atoms with van der Waals surface area (Å²) in [7, 11) is 0. The van der Waals surface area contributed by atoms with Gasteiger partial charge in [0.15, 0.2) is 5.25 Å². The van der Waals surface area contributed by atoms with Gasteiger partial charge in [0.1, 0.15) is 0 Å². The van der Waals surface area contributed by atoms with E-state index in [0.29, 0.717) is 0 Å². The number of hydrogen-bond acceptors (Lipinski definition) is 5. The summed E-state index contributed by atoms with van der Waals surface area (Å²) < 4.78 is 9.11. The Hall–Kier alpha value is 0.926. The number of ether oxygens (including phenoxy) is 2. The minimum atomic E-state index is -1.12. The van der Waals surface area contributed by atoms with E-state index in [4.69, 9.17) is 0 Å². The molecule has 0 N–H and O–H groups in total. The summed E-state index contributed by atoms with van der Waals surface area (Å²) in [4.78, 5) is 21.7. The molecular weight excluding hydrogens is 219 g/mol. The van der Waals surface area contributed by atoms with Crippen molar-refractivity contribution in [3.05, 3.63) is 0 Å². The van der Waals surface area contributed by atoms with E-state index in [1.165, 1.54) is 0 Å². The van der Waals surface area contributed by atoms with E-state index in [0.717, 1.165) is 0 Å². The third kappa shape index (κ3) is 6.93.